The zero-order chi connectivity index (χ0) is 23.0. The summed E-state index contributed by atoms with van der Waals surface area (Å²) in [6.07, 6.45) is -4.57. The van der Waals surface area contributed by atoms with E-state index in [2.05, 4.69) is 10.1 Å². The Kier molecular flexibility index (Phi) is 8.07. The number of hydrogen-bond donors (Lipinski definition) is 1. The Morgan fingerprint density at radius 1 is 1.00 bits per heavy atom. The molecule has 1 unspecified atom stereocenters. The number of rotatable bonds is 8. The lowest BCUT2D eigenvalue weighted by molar-refractivity contribution is -0.141. The van der Waals surface area contributed by atoms with Crippen LogP contribution in [0, 0.1) is 0 Å². The van der Waals surface area contributed by atoms with Gasteiger partial charge in [0.1, 0.15) is 0 Å². The Balaban J connectivity index is 2.38. The number of carbonyl (C=O) groups excluding carboxylic acids is 2. The zero-order valence-corrected chi connectivity index (χ0v) is 17.2. The third-order valence-corrected chi connectivity index (χ3v) is 4.39. The average Bonchev–Trinajstić information content (AvgIpc) is 2.76. The molecule has 9 heteroatoms. The van der Waals surface area contributed by atoms with Gasteiger partial charge in [-0.1, -0.05) is 36.4 Å². The number of amides is 1. The summed E-state index contributed by atoms with van der Waals surface area (Å²) < 4.78 is 55.6. The topological polar surface area (TPSA) is 73.9 Å². The maximum atomic E-state index is 13.5. The molecule has 0 saturated carbocycles. The highest BCUT2D eigenvalue weighted by molar-refractivity contribution is 5.96. The lowest BCUT2D eigenvalue weighted by Crippen LogP contribution is -2.30. The molecule has 0 aromatic heterocycles. The molecule has 0 aliphatic carbocycles. The van der Waals surface area contributed by atoms with Crippen LogP contribution in [0.2, 0.25) is 0 Å². The fourth-order valence-electron chi connectivity index (χ4n) is 2.86. The lowest BCUT2D eigenvalue weighted by Gasteiger charge is -2.20. The molecule has 6 nitrogen and oxygen atoms in total. The van der Waals surface area contributed by atoms with Crippen molar-refractivity contribution in [1.29, 1.82) is 0 Å². The quantitative estimate of drug-likeness (QED) is 0.498. The number of esters is 1. The first-order valence-electron chi connectivity index (χ1n) is 9.13. The standard InChI is InChI=1S/C22H22F3NO5/c1-29-18-10-9-15(11-19(18)30-2)17(13-21(28)31-3)26-20(27)12-16(22(23,24)25)14-7-5-4-6-8-14/h4-12,17H,13H2,1-3H3,(H,26,27)/b16-12-. The monoisotopic (exact) mass is 437 g/mol. The number of hydrogen-bond acceptors (Lipinski definition) is 5. The number of halogens is 3. The van der Waals surface area contributed by atoms with Gasteiger partial charge in [-0.15, -0.1) is 0 Å². The van der Waals surface area contributed by atoms with Gasteiger partial charge in [-0.05, 0) is 23.3 Å². The van der Waals surface area contributed by atoms with E-state index in [1.165, 1.54) is 51.7 Å². The van der Waals surface area contributed by atoms with E-state index in [0.29, 0.717) is 23.1 Å². The van der Waals surface area contributed by atoms with E-state index >= 15 is 0 Å². The Morgan fingerprint density at radius 3 is 2.19 bits per heavy atom. The highest BCUT2D eigenvalue weighted by atomic mass is 19.4. The highest BCUT2D eigenvalue weighted by Gasteiger charge is 2.35. The van der Waals surface area contributed by atoms with Crippen LogP contribution >= 0.6 is 0 Å². The molecule has 1 N–H and O–H groups in total. The zero-order valence-electron chi connectivity index (χ0n) is 17.2. The van der Waals surface area contributed by atoms with Gasteiger partial charge in [-0.25, -0.2) is 0 Å². The van der Waals surface area contributed by atoms with E-state index in [1.54, 1.807) is 18.2 Å². The van der Waals surface area contributed by atoms with Crippen molar-refractivity contribution < 1.29 is 37.0 Å². The van der Waals surface area contributed by atoms with Crippen molar-refractivity contribution in [1.82, 2.24) is 5.32 Å². The summed E-state index contributed by atoms with van der Waals surface area (Å²) in [6, 6.07) is 10.7. The highest BCUT2D eigenvalue weighted by Crippen LogP contribution is 2.34. The number of allylic oxidation sites excluding steroid dienone is 1. The van der Waals surface area contributed by atoms with E-state index in [4.69, 9.17) is 9.47 Å². The first-order chi connectivity index (χ1) is 14.7. The Hall–Kier alpha value is -3.49. The van der Waals surface area contributed by atoms with Crippen molar-refractivity contribution in [2.75, 3.05) is 21.3 Å². The maximum Gasteiger partial charge on any atom is 0.417 e. The number of methoxy groups -OCH3 is 3. The minimum Gasteiger partial charge on any atom is -0.493 e. The molecule has 2 aromatic carbocycles. The van der Waals surface area contributed by atoms with Crippen LogP contribution < -0.4 is 14.8 Å². The van der Waals surface area contributed by atoms with Crippen molar-refractivity contribution in [3.8, 4) is 11.5 Å². The predicted octanol–water partition coefficient (Wildman–Crippen LogP) is 4.07. The molecule has 0 fully saturated rings. The van der Waals surface area contributed by atoms with Gasteiger partial charge >= 0.3 is 12.1 Å². The van der Waals surface area contributed by atoms with Crippen LogP contribution in [0.3, 0.4) is 0 Å². The van der Waals surface area contributed by atoms with Gasteiger partial charge < -0.3 is 19.5 Å². The SMILES string of the molecule is COC(=O)CC(NC(=O)/C=C(/c1ccccc1)C(F)(F)F)c1ccc(OC)c(OC)c1. The van der Waals surface area contributed by atoms with Crippen molar-refractivity contribution in [3.63, 3.8) is 0 Å². The van der Waals surface area contributed by atoms with Gasteiger partial charge in [0, 0.05) is 6.08 Å². The average molecular weight is 437 g/mol. The minimum atomic E-state index is -4.75. The molecule has 0 spiro atoms. The molecule has 166 valence electrons. The Morgan fingerprint density at radius 2 is 1.65 bits per heavy atom. The molecule has 1 atom stereocenters. The van der Waals surface area contributed by atoms with Crippen molar-refractivity contribution >= 4 is 17.4 Å². The van der Waals surface area contributed by atoms with Gasteiger partial charge in [-0.3, -0.25) is 9.59 Å². The van der Waals surface area contributed by atoms with Gasteiger partial charge in [0.15, 0.2) is 11.5 Å². The predicted molar refractivity (Wildman–Crippen MR) is 108 cm³/mol. The summed E-state index contributed by atoms with van der Waals surface area (Å²) >= 11 is 0. The molecule has 31 heavy (non-hydrogen) atoms. The Labute approximate surface area is 177 Å². The van der Waals surface area contributed by atoms with E-state index < -0.39 is 29.7 Å². The van der Waals surface area contributed by atoms with E-state index in [1.807, 2.05) is 0 Å². The third-order valence-electron chi connectivity index (χ3n) is 4.39. The normalized spacial score (nSPS) is 12.6. The molecule has 1 amide bonds. The van der Waals surface area contributed by atoms with Crippen LogP contribution in [-0.4, -0.2) is 39.4 Å². The van der Waals surface area contributed by atoms with Crippen LogP contribution in [-0.2, 0) is 14.3 Å². The number of carbonyl (C=O) groups is 2. The summed E-state index contributed by atoms with van der Waals surface area (Å²) in [6.45, 7) is 0. The van der Waals surface area contributed by atoms with Crippen LogP contribution in [0.15, 0.2) is 54.6 Å². The van der Waals surface area contributed by atoms with Crippen LogP contribution in [0.25, 0.3) is 5.57 Å². The minimum absolute atomic E-state index is 0.152. The smallest absolute Gasteiger partial charge is 0.417 e. The summed E-state index contributed by atoms with van der Waals surface area (Å²) in [7, 11) is 4.03. The van der Waals surface area contributed by atoms with Gasteiger partial charge in [0.05, 0.1) is 39.4 Å². The summed E-state index contributed by atoms with van der Waals surface area (Å²) in [4.78, 5) is 24.3. The number of ether oxygens (including phenoxy) is 3. The molecule has 0 aliphatic rings. The number of alkyl halides is 3. The maximum absolute atomic E-state index is 13.5. The molecule has 0 saturated heterocycles. The summed E-state index contributed by atoms with van der Waals surface area (Å²) in [5.74, 6) is -0.916. The number of benzene rings is 2. The molecule has 2 rings (SSSR count). The molecular formula is C22H22F3NO5. The fourth-order valence-corrected chi connectivity index (χ4v) is 2.86. The first-order valence-corrected chi connectivity index (χ1v) is 9.13. The van der Waals surface area contributed by atoms with E-state index in [9.17, 15) is 22.8 Å². The van der Waals surface area contributed by atoms with Crippen molar-refractivity contribution in [2.24, 2.45) is 0 Å². The molecule has 0 heterocycles. The molecule has 0 radical (unpaired) electrons. The second kappa shape index (κ2) is 10.5. The van der Waals surface area contributed by atoms with E-state index in [0.717, 1.165) is 0 Å². The van der Waals surface area contributed by atoms with Crippen molar-refractivity contribution in [2.45, 2.75) is 18.6 Å². The molecule has 2 aromatic rings. The lowest BCUT2D eigenvalue weighted by atomic mass is 10.0. The van der Waals surface area contributed by atoms with Gasteiger partial charge in [0.2, 0.25) is 5.91 Å². The molecular weight excluding hydrogens is 415 g/mol. The fraction of sp³-hybridized carbons (Fsp3) is 0.273. The third kappa shape index (κ3) is 6.50. The Bertz CT molecular complexity index is 942. The van der Waals surface area contributed by atoms with Crippen LogP contribution in [0.5, 0.6) is 11.5 Å². The number of nitrogens with one attached hydrogen (secondary N) is 1. The summed E-state index contributed by atoms with van der Waals surface area (Å²) in [5, 5.41) is 2.45. The second-order valence-electron chi connectivity index (χ2n) is 6.38. The van der Waals surface area contributed by atoms with Crippen LogP contribution in [0.1, 0.15) is 23.6 Å². The molecule has 0 bridgehead atoms. The largest absolute Gasteiger partial charge is 0.493 e. The van der Waals surface area contributed by atoms with Gasteiger partial charge in [0.25, 0.3) is 0 Å². The van der Waals surface area contributed by atoms with Crippen molar-refractivity contribution in [3.05, 3.63) is 65.7 Å². The molecule has 0 aliphatic heterocycles. The van der Waals surface area contributed by atoms with E-state index in [-0.39, 0.29) is 12.0 Å². The van der Waals surface area contributed by atoms with Gasteiger partial charge in [-0.2, -0.15) is 13.2 Å². The summed E-state index contributed by atoms with van der Waals surface area (Å²) in [5.41, 5.74) is -0.825. The van der Waals surface area contributed by atoms with Crippen LogP contribution in [0.4, 0.5) is 13.2 Å². The first kappa shape index (κ1) is 23.8. The second-order valence-corrected chi connectivity index (χ2v) is 6.38.